The van der Waals surface area contributed by atoms with Crippen LogP contribution in [0.5, 0.6) is 17.2 Å². The first-order valence-electron chi connectivity index (χ1n) is 14.8. The first-order chi connectivity index (χ1) is 21.7. The zero-order valence-corrected chi connectivity index (χ0v) is 25.6. The van der Waals surface area contributed by atoms with Crippen molar-refractivity contribution in [3.8, 4) is 28.4 Å². The molecule has 0 amide bonds. The van der Waals surface area contributed by atoms with Crippen LogP contribution in [-0.4, -0.2) is 56.0 Å². The summed E-state index contributed by atoms with van der Waals surface area (Å²) in [6.07, 6.45) is 1.89. The fraction of sp³-hybridized carbons (Fsp3) is 0.306. The lowest BCUT2D eigenvalue weighted by Gasteiger charge is -2.11. The van der Waals surface area contributed by atoms with Gasteiger partial charge in [-0.05, 0) is 90.6 Å². The van der Waals surface area contributed by atoms with Gasteiger partial charge in [-0.15, -0.1) is 0 Å². The van der Waals surface area contributed by atoms with Crippen molar-refractivity contribution >= 4 is 17.9 Å². The van der Waals surface area contributed by atoms with Crippen LogP contribution in [0.25, 0.3) is 11.1 Å². The van der Waals surface area contributed by atoms with E-state index in [2.05, 4.69) is 20.1 Å². The number of rotatable bonds is 16. The molecule has 1 aliphatic rings. The van der Waals surface area contributed by atoms with E-state index in [4.69, 9.17) is 28.8 Å². The van der Waals surface area contributed by atoms with Gasteiger partial charge in [0.2, 0.25) is 0 Å². The van der Waals surface area contributed by atoms with Crippen LogP contribution in [0.2, 0.25) is 0 Å². The quantitative estimate of drug-likeness (QED) is 0.0874. The Labute approximate surface area is 263 Å². The van der Waals surface area contributed by atoms with Crippen molar-refractivity contribution in [2.45, 2.75) is 39.0 Å². The molecule has 9 nitrogen and oxygen atoms in total. The topological polar surface area (TPSA) is 118 Å². The van der Waals surface area contributed by atoms with Crippen LogP contribution in [-0.2, 0) is 19.1 Å². The van der Waals surface area contributed by atoms with Gasteiger partial charge in [-0.1, -0.05) is 32.2 Å². The second-order valence-corrected chi connectivity index (χ2v) is 10.7. The van der Waals surface area contributed by atoms with Crippen molar-refractivity contribution in [3.63, 3.8) is 0 Å². The lowest BCUT2D eigenvalue weighted by molar-refractivity contribution is -0.140. The summed E-state index contributed by atoms with van der Waals surface area (Å²) in [6, 6.07) is 18.4. The van der Waals surface area contributed by atoms with E-state index in [1.165, 1.54) is 0 Å². The van der Waals surface area contributed by atoms with Crippen molar-refractivity contribution in [2.75, 3.05) is 33.0 Å². The van der Waals surface area contributed by atoms with E-state index >= 15 is 0 Å². The number of benzene rings is 3. The number of aliphatic hydroxyl groups excluding tert-OH is 1. The number of unbranched alkanes of at least 4 members (excludes halogenated alkanes) is 1. The Hall–Kier alpha value is -4.89. The van der Waals surface area contributed by atoms with E-state index in [1.807, 2.05) is 30.3 Å². The fourth-order valence-electron chi connectivity index (χ4n) is 4.73. The summed E-state index contributed by atoms with van der Waals surface area (Å²) in [5, 5.41) is 8.93. The average molecular weight is 615 g/mol. The van der Waals surface area contributed by atoms with Gasteiger partial charge < -0.3 is 28.8 Å². The molecular weight excluding hydrogens is 576 g/mol. The van der Waals surface area contributed by atoms with Crippen LogP contribution >= 0.6 is 0 Å². The molecule has 45 heavy (non-hydrogen) atoms. The molecule has 0 radical (unpaired) electrons. The third kappa shape index (κ3) is 8.83. The molecule has 0 spiro atoms. The second-order valence-electron chi connectivity index (χ2n) is 10.7. The zero-order valence-electron chi connectivity index (χ0n) is 25.6. The van der Waals surface area contributed by atoms with Crippen LogP contribution in [0.3, 0.4) is 0 Å². The Kier molecular flexibility index (Phi) is 11.5. The Balaban J connectivity index is 1.25. The highest BCUT2D eigenvalue weighted by atomic mass is 16.5. The van der Waals surface area contributed by atoms with Gasteiger partial charge in [0, 0.05) is 17.9 Å². The van der Waals surface area contributed by atoms with Crippen LogP contribution < -0.4 is 14.2 Å². The third-order valence-electron chi connectivity index (χ3n) is 7.23. The van der Waals surface area contributed by atoms with Crippen LogP contribution in [0, 0.1) is 0 Å². The molecule has 0 aromatic heterocycles. The number of ether oxygens (including phenoxy) is 5. The number of fused-ring (bicyclic) bond motifs is 3. The normalized spacial score (nSPS) is 12.8. The van der Waals surface area contributed by atoms with Gasteiger partial charge in [-0.2, -0.15) is 0 Å². The van der Waals surface area contributed by atoms with Crippen LogP contribution in [0.15, 0.2) is 85.0 Å². The predicted molar refractivity (Wildman–Crippen MR) is 169 cm³/mol. The molecule has 0 bridgehead atoms. The van der Waals surface area contributed by atoms with E-state index in [0.29, 0.717) is 67.5 Å². The molecule has 0 aliphatic heterocycles. The Bertz CT molecular complexity index is 1560. The zero-order chi connectivity index (χ0) is 32.3. The predicted octanol–water partition coefficient (Wildman–Crippen LogP) is 6.18. The maximum absolute atomic E-state index is 12.9. The second kappa shape index (κ2) is 15.7. The molecule has 4 rings (SSSR count). The molecule has 0 fully saturated rings. The Morgan fingerprint density at radius 1 is 0.711 bits per heavy atom. The smallest absolute Gasteiger partial charge is 0.343 e. The highest BCUT2D eigenvalue weighted by Gasteiger charge is 2.27. The summed E-state index contributed by atoms with van der Waals surface area (Å²) in [4.78, 5) is 35.8. The molecule has 3 aromatic rings. The van der Waals surface area contributed by atoms with Gasteiger partial charge in [0.1, 0.15) is 17.2 Å². The number of hydrogen-bond donors (Lipinski definition) is 1. The largest absolute Gasteiger partial charge is 0.494 e. The van der Waals surface area contributed by atoms with E-state index in [1.54, 1.807) is 37.3 Å². The lowest BCUT2D eigenvalue weighted by Crippen LogP contribution is -2.12. The molecule has 0 heterocycles. The van der Waals surface area contributed by atoms with Gasteiger partial charge in [0.05, 0.1) is 44.2 Å². The van der Waals surface area contributed by atoms with Gasteiger partial charge in [-0.25, -0.2) is 14.4 Å². The molecule has 1 aliphatic carbocycles. The van der Waals surface area contributed by atoms with Crippen molar-refractivity contribution in [3.05, 3.63) is 102 Å². The molecule has 1 N–H and O–H groups in total. The molecule has 1 atom stereocenters. The fourth-order valence-corrected chi connectivity index (χ4v) is 4.73. The van der Waals surface area contributed by atoms with Crippen LogP contribution in [0.1, 0.15) is 60.5 Å². The maximum Gasteiger partial charge on any atom is 0.343 e. The molecule has 1 unspecified atom stereocenters. The SMILES string of the molecule is C=C(C)C(=O)OCCCCOc1ccc(C(=O)Oc2ccc3c(c2)C(C)c2cc(OCCCOC(=O)C(=C)CO)ccc2-3)cc1. The Morgan fingerprint density at radius 3 is 1.91 bits per heavy atom. The van der Waals surface area contributed by atoms with Crippen molar-refractivity contribution < 1.29 is 43.2 Å². The maximum atomic E-state index is 12.9. The molecule has 3 aromatic carbocycles. The number of aliphatic hydroxyl groups is 1. The third-order valence-corrected chi connectivity index (χ3v) is 7.23. The minimum atomic E-state index is -0.612. The van der Waals surface area contributed by atoms with E-state index in [9.17, 15) is 14.4 Å². The van der Waals surface area contributed by atoms with Gasteiger partial charge >= 0.3 is 17.9 Å². The summed E-state index contributed by atoms with van der Waals surface area (Å²) in [5.41, 5.74) is 5.15. The van der Waals surface area contributed by atoms with Crippen LogP contribution in [0.4, 0.5) is 0 Å². The van der Waals surface area contributed by atoms with E-state index in [0.717, 1.165) is 22.3 Å². The number of hydrogen-bond acceptors (Lipinski definition) is 9. The van der Waals surface area contributed by atoms with E-state index < -0.39 is 24.5 Å². The first-order valence-corrected chi connectivity index (χ1v) is 14.8. The summed E-state index contributed by atoms with van der Waals surface area (Å²) in [6.45, 7) is 11.6. The average Bonchev–Trinajstić information content (AvgIpc) is 3.32. The lowest BCUT2D eigenvalue weighted by atomic mass is 9.99. The molecule has 0 saturated carbocycles. The number of carbonyl (C=O) groups is 3. The first kappa shape index (κ1) is 33.0. The highest BCUT2D eigenvalue weighted by molar-refractivity contribution is 5.91. The number of carbonyl (C=O) groups excluding carboxylic acids is 3. The van der Waals surface area contributed by atoms with Crippen molar-refractivity contribution in [1.29, 1.82) is 0 Å². The minimum Gasteiger partial charge on any atom is -0.494 e. The molecular formula is C36H38O9. The van der Waals surface area contributed by atoms with Gasteiger partial charge in [0.15, 0.2) is 0 Å². The van der Waals surface area contributed by atoms with Crippen molar-refractivity contribution in [1.82, 2.24) is 0 Å². The van der Waals surface area contributed by atoms with Gasteiger partial charge in [-0.3, -0.25) is 0 Å². The standard InChI is InChI=1S/C36H38O9/c1-23(2)34(38)43-17-6-5-16-41-27-10-8-26(9-11-27)36(40)45-29-13-15-31-30-14-12-28(20-32(30)25(4)33(31)21-29)42-18-7-19-44-35(39)24(3)22-37/h8-15,20-21,25,37H,1,3,5-7,16-19,22H2,2,4H3. The monoisotopic (exact) mass is 614 g/mol. The Morgan fingerprint density at radius 2 is 1.24 bits per heavy atom. The summed E-state index contributed by atoms with van der Waals surface area (Å²) >= 11 is 0. The van der Waals surface area contributed by atoms with Gasteiger partial charge in [0.25, 0.3) is 0 Å². The van der Waals surface area contributed by atoms with Crippen molar-refractivity contribution in [2.24, 2.45) is 0 Å². The molecule has 9 heteroatoms. The number of esters is 3. The highest BCUT2D eigenvalue weighted by Crippen LogP contribution is 2.47. The summed E-state index contributed by atoms with van der Waals surface area (Å²) in [5.74, 6) is 0.397. The van der Waals surface area contributed by atoms with E-state index in [-0.39, 0.29) is 18.1 Å². The minimum absolute atomic E-state index is 0.0198. The summed E-state index contributed by atoms with van der Waals surface area (Å²) < 4.78 is 27.4. The molecule has 236 valence electrons. The molecule has 0 saturated heterocycles. The summed E-state index contributed by atoms with van der Waals surface area (Å²) in [7, 11) is 0.